The molecule has 1 aromatic rings. The molecule has 0 unspecified atom stereocenters. The van der Waals surface area contributed by atoms with Crippen LogP contribution in [0.5, 0.6) is 0 Å². The van der Waals surface area contributed by atoms with Crippen LogP contribution in [0.2, 0.25) is 0 Å². The first kappa shape index (κ1) is 14.3. The maximum atomic E-state index is 2.35. The van der Waals surface area contributed by atoms with Crippen molar-refractivity contribution >= 4 is 0 Å². The zero-order chi connectivity index (χ0) is 12.3. The molecular weight excluding hydrogens is 204 g/mol. The lowest BCUT2D eigenvalue weighted by atomic mass is 10.0. The molecule has 0 nitrogen and oxygen atoms in total. The Morgan fingerprint density at radius 1 is 0.824 bits per heavy atom. The molecule has 0 aliphatic carbocycles. The molecule has 0 saturated heterocycles. The van der Waals surface area contributed by atoms with Crippen LogP contribution in [0.1, 0.15) is 69.9 Å². The maximum absolute atomic E-state index is 2.35. The first-order valence-corrected chi connectivity index (χ1v) is 7.29. The van der Waals surface area contributed by atoms with E-state index in [4.69, 9.17) is 0 Å². The Morgan fingerprint density at radius 3 is 2.18 bits per heavy atom. The monoisotopic (exact) mass is 231 g/mol. The van der Waals surface area contributed by atoms with Gasteiger partial charge in [0.15, 0.2) is 0 Å². The van der Waals surface area contributed by atoms with Gasteiger partial charge < -0.3 is 0 Å². The fraction of sp³-hybridized carbons (Fsp3) is 0.588. The van der Waals surface area contributed by atoms with Crippen LogP contribution in [-0.2, 0) is 6.42 Å². The van der Waals surface area contributed by atoms with Crippen molar-refractivity contribution in [2.24, 2.45) is 0 Å². The van der Waals surface area contributed by atoms with Crippen molar-refractivity contribution in [2.45, 2.75) is 65.2 Å². The Kier molecular flexibility index (Phi) is 7.79. The van der Waals surface area contributed by atoms with Gasteiger partial charge in [0.05, 0.1) is 0 Å². The zero-order valence-corrected chi connectivity index (χ0v) is 11.5. The molecule has 0 bridgehead atoms. The van der Waals surface area contributed by atoms with E-state index in [1.54, 1.807) is 0 Å². The third-order valence-corrected chi connectivity index (χ3v) is 3.24. The van der Waals surface area contributed by atoms with Crippen molar-refractivity contribution in [3.05, 3.63) is 41.8 Å². The molecule has 0 heterocycles. The first-order chi connectivity index (χ1) is 8.36. The lowest BCUT2D eigenvalue weighted by Gasteiger charge is -2.04. The van der Waals surface area contributed by atoms with E-state index in [0.29, 0.717) is 0 Å². The summed E-state index contributed by atoms with van der Waals surface area (Å²) in [6, 6.07) is 9.13. The number of hydrogen-bond donors (Lipinski definition) is 0. The Bertz CT molecular complexity index is 271. The van der Waals surface area contributed by atoms with Gasteiger partial charge in [-0.05, 0) is 36.8 Å². The largest absolute Gasteiger partial charge is 0.0654 e. The molecule has 0 amide bonds. The van der Waals surface area contributed by atoms with Crippen LogP contribution >= 0.6 is 0 Å². The Hall–Kier alpha value is -0.780. The standard InChI is InChI=1S/C17H27/c1-3-5-7-9-11-17-14-12-16(13-15-17)10-8-6-4-2/h10,12-15H,3-9,11H2,1-2H3. The number of unbranched alkanes of at least 4 members (excludes halogenated alkanes) is 5. The molecule has 0 aliphatic rings. The van der Waals surface area contributed by atoms with Gasteiger partial charge in [0.1, 0.15) is 0 Å². The summed E-state index contributed by atoms with van der Waals surface area (Å²) in [5.41, 5.74) is 2.88. The smallest absolute Gasteiger partial charge is 0.00931 e. The van der Waals surface area contributed by atoms with Gasteiger partial charge in [0, 0.05) is 0 Å². The van der Waals surface area contributed by atoms with Gasteiger partial charge in [-0.3, -0.25) is 0 Å². The van der Waals surface area contributed by atoms with Crippen LogP contribution < -0.4 is 0 Å². The van der Waals surface area contributed by atoms with E-state index >= 15 is 0 Å². The van der Waals surface area contributed by atoms with Gasteiger partial charge in [0.25, 0.3) is 0 Å². The van der Waals surface area contributed by atoms with Crippen molar-refractivity contribution < 1.29 is 0 Å². The molecule has 0 aromatic heterocycles. The molecule has 0 aliphatic heterocycles. The van der Waals surface area contributed by atoms with E-state index in [9.17, 15) is 0 Å². The summed E-state index contributed by atoms with van der Waals surface area (Å²) in [6.07, 6.45) is 12.8. The fourth-order valence-corrected chi connectivity index (χ4v) is 2.05. The second-order valence-electron chi connectivity index (χ2n) is 4.90. The molecule has 0 atom stereocenters. The number of aryl methyl sites for hydroxylation is 1. The van der Waals surface area contributed by atoms with Crippen LogP contribution in [0.25, 0.3) is 0 Å². The van der Waals surface area contributed by atoms with Crippen LogP contribution in [-0.4, -0.2) is 0 Å². The summed E-state index contributed by atoms with van der Waals surface area (Å²) in [5.74, 6) is 0. The van der Waals surface area contributed by atoms with Crippen LogP contribution in [0.3, 0.4) is 0 Å². The Balaban J connectivity index is 2.24. The van der Waals surface area contributed by atoms with Gasteiger partial charge >= 0.3 is 0 Å². The van der Waals surface area contributed by atoms with E-state index in [0.717, 1.165) is 0 Å². The third kappa shape index (κ3) is 6.51. The molecule has 17 heavy (non-hydrogen) atoms. The molecule has 0 spiro atoms. The summed E-state index contributed by atoms with van der Waals surface area (Å²) in [6.45, 7) is 4.51. The van der Waals surface area contributed by atoms with Crippen molar-refractivity contribution in [3.63, 3.8) is 0 Å². The molecule has 0 fully saturated rings. The van der Waals surface area contributed by atoms with Gasteiger partial charge in [-0.1, -0.05) is 70.2 Å². The van der Waals surface area contributed by atoms with Crippen molar-refractivity contribution in [3.8, 4) is 0 Å². The molecular formula is C17H27. The third-order valence-electron chi connectivity index (χ3n) is 3.24. The van der Waals surface area contributed by atoms with Crippen LogP contribution in [0, 0.1) is 6.42 Å². The highest BCUT2D eigenvalue weighted by molar-refractivity contribution is 5.27. The maximum Gasteiger partial charge on any atom is -0.00931 e. The average molecular weight is 231 g/mol. The highest BCUT2D eigenvalue weighted by Crippen LogP contribution is 2.13. The molecule has 1 radical (unpaired) electrons. The number of hydrogen-bond acceptors (Lipinski definition) is 0. The predicted octanol–water partition coefficient (Wildman–Crippen LogP) is 5.55. The lowest BCUT2D eigenvalue weighted by molar-refractivity contribution is 0.667. The van der Waals surface area contributed by atoms with Gasteiger partial charge in [-0.2, -0.15) is 0 Å². The summed E-state index contributed by atoms with van der Waals surface area (Å²) in [7, 11) is 0. The molecule has 1 rings (SSSR count). The van der Waals surface area contributed by atoms with Crippen molar-refractivity contribution in [1.82, 2.24) is 0 Å². The summed E-state index contributed by atoms with van der Waals surface area (Å²) in [4.78, 5) is 0. The minimum atomic E-state index is 1.21. The van der Waals surface area contributed by atoms with E-state index in [1.165, 1.54) is 62.5 Å². The minimum absolute atomic E-state index is 1.21. The van der Waals surface area contributed by atoms with E-state index in [-0.39, 0.29) is 0 Å². The zero-order valence-electron chi connectivity index (χ0n) is 11.5. The number of rotatable bonds is 9. The first-order valence-electron chi connectivity index (χ1n) is 7.29. The van der Waals surface area contributed by atoms with E-state index in [2.05, 4.69) is 44.5 Å². The molecule has 95 valence electrons. The molecule has 0 saturated carbocycles. The van der Waals surface area contributed by atoms with Gasteiger partial charge in [-0.15, -0.1) is 0 Å². The fourth-order valence-electron chi connectivity index (χ4n) is 2.05. The normalized spacial score (nSPS) is 10.7. The summed E-state index contributed by atoms with van der Waals surface area (Å²) < 4.78 is 0. The van der Waals surface area contributed by atoms with Gasteiger partial charge in [-0.25, -0.2) is 0 Å². The Labute approximate surface area is 107 Å². The summed E-state index contributed by atoms with van der Waals surface area (Å²) in [5, 5.41) is 0. The SMILES string of the molecule is CCCC[CH]c1ccc(CCCCCC)cc1. The predicted molar refractivity (Wildman–Crippen MR) is 77.2 cm³/mol. The minimum Gasteiger partial charge on any atom is -0.0654 e. The number of benzene rings is 1. The van der Waals surface area contributed by atoms with Crippen molar-refractivity contribution in [2.75, 3.05) is 0 Å². The van der Waals surface area contributed by atoms with Crippen LogP contribution in [0.4, 0.5) is 0 Å². The van der Waals surface area contributed by atoms with E-state index in [1.807, 2.05) is 0 Å². The topological polar surface area (TPSA) is 0 Å². The lowest BCUT2D eigenvalue weighted by Crippen LogP contribution is -1.88. The highest BCUT2D eigenvalue weighted by atomic mass is 14.0. The highest BCUT2D eigenvalue weighted by Gasteiger charge is 1.96. The molecule has 1 aromatic carbocycles. The Morgan fingerprint density at radius 2 is 1.53 bits per heavy atom. The van der Waals surface area contributed by atoms with Crippen LogP contribution in [0.15, 0.2) is 24.3 Å². The quantitative estimate of drug-likeness (QED) is 0.489. The average Bonchev–Trinajstić information content (AvgIpc) is 2.37. The van der Waals surface area contributed by atoms with Gasteiger partial charge in [0.2, 0.25) is 0 Å². The van der Waals surface area contributed by atoms with E-state index < -0.39 is 0 Å². The molecule has 0 heteroatoms. The van der Waals surface area contributed by atoms with Crippen molar-refractivity contribution in [1.29, 1.82) is 0 Å². The second kappa shape index (κ2) is 9.27. The summed E-state index contributed by atoms with van der Waals surface area (Å²) >= 11 is 0. The second-order valence-corrected chi connectivity index (χ2v) is 4.90. The molecule has 0 N–H and O–H groups in total.